The molecule has 0 radical (unpaired) electrons. The van der Waals surface area contributed by atoms with E-state index >= 15 is 0 Å². The van der Waals surface area contributed by atoms with Crippen LogP contribution in [0.5, 0.6) is 0 Å². The third-order valence-corrected chi connectivity index (χ3v) is 6.38. The van der Waals surface area contributed by atoms with Gasteiger partial charge in [0.1, 0.15) is 10.9 Å². The Labute approximate surface area is 185 Å². The molecule has 160 valence electrons. The van der Waals surface area contributed by atoms with Crippen molar-refractivity contribution in [3.05, 3.63) is 48.5 Å². The van der Waals surface area contributed by atoms with Gasteiger partial charge in [0, 0.05) is 40.9 Å². The van der Waals surface area contributed by atoms with Crippen molar-refractivity contribution < 1.29 is 4.74 Å². The topological polar surface area (TPSA) is 81.5 Å². The summed E-state index contributed by atoms with van der Waals surface area (Å²) in [7, 11) is 0. The van der Waals surface area contributed by atoms with Crippen LogP contribution in [0.4, 0.5) is 0 Å². The fourth-order valence-electron chi connectivity index (χ4n) is 3.83. The lowest BCUT2D eigenvalue weighted by molar-refractivity contribution is 0.0953. The van der Waals surface area contributed by atoms with Crippen molar-refractivity contribution in [2.24, 2.45) is 0 Å². The van der Waals surface area contributed by atoms with E-state index in [1.807, 2.05) is 30.6 Å². The highest BCUT2D eigenvalue weighted by atomic mass is 32.2. The van der Waals surface area contributed by atoms with Gasteiger partial charge in [-0.3, -0.25) is 4.57 Å². The minimum absolute atomic E-state index is 0.114. The number of rotatable bonds is 5. The highest BCUT2D eigenvalue weighted by Gasteiger charge is 2.24. The lowest BCUT2D eigenvalue weighted by atomic mass is 9.96. The van der Waals surface area contributed by atoms with E-state index in [0.717, 1.165) is 64.3 Å². The molecule has 0 bridgehead atoms. The molecule has 0 aliphatic carbocycles. The molecular weight excluding hydrogens is 408 g/mol. The quantitative estimate of drug-likeness (QED) is 0.453. The zero-order valence-electron chi connectivity index (χ0n) is 18.0. The molecule has 1 aliphatic rings. The van der Waals surface area contributed by atoms with Crippen LogP contribution in [-0.2, 0) is 16.7 Å². The Hall–Kier alpha value is -2.71. The number of benzene rings is 1. The standard InChI is InChI=1S/C23H26N6OS/c1-23(2,3)21-24-11-10-19(26-21)31-22-28-27-20(29(22)14-15-7-6-12-30-15)17-13-25-18-9-5-4-8-16(17)18/h4-5,8-11,13,15,25H,6-7,12,14H2,1-3H3. The van der Waals surface area contributed by atoms with Gasteiger partial charge in [0.15, 0.2) is 11.0 Å². The maximum absolute atomic E-state index is 5.94. The number of hydrogen-bond acceptors (Lipinski definition) is 6. The number of ether oxygens (including phenoxy) is 1. The number of hydrogen-bond donors (Lipinski definition) is 1. The van der Waals surface area contributed by atoms with Gasteiger partial charge in [-0.2, -0.15) is 0 Å². The molecule has 3 aromatic heterocycles. The van der Waals surface area contributed by atoms with E-state index in [4.69, 9.17) is 9.72 Å². The van der Waals surface area contributed by atoms with Crippen LogP contribution >= 0.6 is 11.8 Å². The first-order valence-corrected chi connectivity index (χ1v) is 11.4. The van der Waals surface area contributed by atoms with Crippen molar-refractivity contribution >= 4 is 22.7 Å². The van der Waals surface area contributed by atoms with Crippen molar-refractivity contribution in [1.82, 2.24) is 29.7 Å². The SMILES string of the molecule is CC(C)(C)c1nccc(Sc2nnc(-c3c[nH]c4ccccc34)n2CC2CCCO2)n1. The monoisotopic (exact) mass is 434 g/mol. The summed E-state index contributed by atoms with van der Waals surface area (Å²) in [4.78, 5) is 12.6. The van der Waals surface area contributed by atoms with Gasteiger partial charge in [-0.1, -0.05) is 39.0 Å². The summed E-state index contributed by atoms with van der Waals surface area (Å²) < 4.78 is 8.11. The van der Waals surface area contributed by atoms with Gasteiger partial charge in [-0.25, -0.2) is 9.97 Å². The molecule has 1 aromatic carbocycles. The molecule has 1 aliphatic heterocycles. The third-order valence-electron chi connectivity index (χ3n) is 5.45. The van der Waals surface area contributed by atoms with E-state index in [0.29, 0.717) is 0 Å². The molecule has 7 nitrogen and oxygen atoms in total. The molecule has 4 heterocycles. The first-order chi connectivity index (χ1) is 15.0. The number of aromatic amines is 1. The van der Waals surface area contributed by atoms with Crippen molar-refractivity contribution in [1.29, 1.82) is 0 Å². The van der Waals surface area contributed by atoms with Crippen molar-refractivity contribution in [3.8, 4) is 11.4 Å². The zero-order valence-corrected chi connectivity index (χ0v) is 18.8. The molecule has 1 N–H and O–H groups in total. The Balaban J connectivity index is 1.55. The number of H-pyrrole nitrogens is 1. The van der Waals surface area contributed by atoms with E-state index in [1.54, 1.807) is 0 Å². The van der Waals surface area contributed by atoms with Crippen LogP contribution in [0, 0.1) is 0 Å². The van der Waals surface area contributed by atoms with E-state index < -0.39 is 0 Å². The van der Waals surface area contributed by atoms with E-state index in [-0.39, 0.29) is 11.5 Å². The van der Waals surface area contributed by atoms with Gasteiger partial charge < -0.3 is 9.72 Å². The molecule has 1 unspecified atom stereocenters. The summed E-state index contributed by atoms with van der Waals surface area (Å²) >= 11 is 1.52. The lowest BCUT2D eigenvalue weighted by Gasteiger charge is -2.17. The molecule has 1 atom stereocenters. The van der Waals surface area contributed by atoms with Crippen molar-refractivity contribution in [2.45, 2.75) is 61.9 Å². The summed E-state index contributed by atoms with van der Waals surface area (Å²) in [6, 6.07) is 10.2. The van der Waals surface area contributed by atoms with Crippen LogP contribution in [0.3, 0.4) is 0 Å². The van der Waals surface area contributed by atoms with E-state index in [1.165, 1.54) is 11.8 Å². The number of aromatic nitrogens is 6. The van der Waals surface area contributed by atoms with Crippen molar-refractivity contribution in [2.75, 3.05) is 6.61 Å². The lowest BCUT2D eigenvalue weighted by Crippen LogP contribution is -2.17. The molecular formula is C23H26N6OS. The Morgan fingerprint density at radius 2 is 2.06 bits per heavy atom. The first kappa shape index (κ1) is 20.2. The fourth-order valence-corrected chi connectivity index (χ4v) is 4.63. The van der Waals surface area contributed by atoms with Gasteiger partial charge in [0.05, 0.1) is 12.6 Å². The predicted molar refractivity (Wildman–Crippen MR) is 121 cm³/mol. The zero-order chi connectivity index (χ0) is 21.4. The van der Waals surface area contributed by atoms with Gasteiger partial charge in [-0.05, 0) is 36.7 Å². The second kappa shape index (κ2) is 8.09. The molecule has 5 rings (SSSR count). The summed E-state index contributed by atoms with van der Waals surface area (Å²) in [6.45, 7) is 7.89. The van der Waals surface area contributed by atoms with Gasteiger partial charge >= 0.3 is 0 Å². The van der Waals surface area contributed by atoms with Gasteiger partial charge in [0.2, 0.25) is 0 Å². The summed E-state index contributed by atoms with van der Waals surface area (Å²) in [6.07, 6.45) is 6.15. The van der Waals surface area contributed by atoms with Gasteiger partial charge in [-0.15, -0.1) is 10.2 Å². The summed E-state index contributed by atoms with van der Waals surface area (Å²) in [5.74, 6) is 1.67. The maximum atomic E-state index is 5.94. The second-order valence-corrected chi connectivity index (χ2v) is 9.86. The van der Waals surface area contributed by atoms with Crippen LogP contribution in [0.15, 0.2) is 52.9 Å². The molecule has 0 saturated carbocycles. The average Bonchev–Trinajstić information content (AvgIpc) is 3.49. The van der Waals surface area contributed by atoms with Crippen LogP contribution in [0.1, 0.15) is 39.4 Å². The molecule has 31 heavy (non-hydrogen) atoms. The highest BCUT2D eigenvalue weighted by Crippen LogP contribution is 2.33. The maximum Gasteiger partial charge on any atom is 0.197 e. The molecule has 0 amide bonds. The Kier molecular flexibility index (Phi) is 5.27. The van der Waals surface area contributed by atoms with Crippen LogP contribution in [0.25, 0.3) is 22.3 Å². The Bertz CT molecular complexity index is 1200. The largest absolute Gasteiger partial charge is 0.376 e. The van der Waals surface area contributed by atoms with Crippen LogP contribution in [0.2, 0.25) is 0 Å². The number of nitrogens with one attached hydrogen (secondary N) is 1. The summed E-state index contributed by atoms with van der Waals surface area (Å²) in [5, 5.41) is 12.0. The van der Waals surface area contributed by atoms with E-state index in [9.17, 15) is 0 Å². The normalized spacial score (nSPS) is 16.9. The minimum Gasteiger partial charge on any atom is -0.376 e. The second-order valence-electron chi connectivity index (χ2n) is 8.87. The molecule has 8 heteroatoms. The van der Waals surface area contributed by atoms with Gasteiger partial charge in [0.25, 0.3) is 0 Å². The molecule has 1 saturated heterocycles. The number of nitrogens with zero attached hydrogens (tertiary/aromatic N) is 5. The Morgan fingerprint density at radius 1 is 1.19 bits per heavy atom. The molecule has 1 fully saturated rings. The highest BCUT2D eigenvalue weighted by molar-refractivity contribution is 7.99. The Morgan fingerprint density at radius 3 is 2.87 bits per heavy atom. The fraction of sp³-hybridized carbons (Fsp3) is 0.391. The molecule has 0 spiro atoms. The smallest absolute Gasteiger partial charge is 0.197 e. The summed E-state index contributed by atoms with van der Waals surface area (Å²) in [5.41, 5.74) is 2.02. The first-order valence-electron chi connectivity index (χ1n) is 10.6. The predicted octanol–water partition coefficient (Wildman–Crippen LogP) is 4.84. The van der Waals surface area contributed by atoms with Crippen molar-refractivity contribution in [3.63, 3.8) is 0 Å². The third kappa shape index (κ3) is 4.09. The molecule has 4 aromatic rings. The number of para-hydroxylation sites is 1. The van der Waals surface area contributed by atoms with Crippen LogP contribution in [-0.4, -0.2) is 42.4 Å². The number of fused-ring (bicyclic) bond motifs is 1. The average molecular weight is 435 g/mol. The van der Waals surface area contributed by atoms with E-state index in [2.05, 4.69) is 57.6 Å². The minimum atomic E-state index is -0.114. The van der Waals surface area contributed by atoms with Crippen LogP contribution < -0.4 is 0 Å².